The molecule has 0 bridgehead atoms. The van der Waals surface area contributed by atoms with Crippen molar-refractivity contribution in [2.24, 2.45) is 10.4 Å². The third-order valence-electron chi connectivity index (χ3n) is 5.99. The fraction of sp³-hybridized carbons (Fsp3) is 0.957. The van der Waals surface area contributed by atoms with E-state index in [-0.39, 0.29) is 24.4 Å². The maximum absolute atomic E-state index is 9.39. The van der Waals surface area contributed by atoms with Gasteiger partial charge in [0.15, 0.2) is 0 Å². The second kappa shape index (κ2) is 17.8. The second-order valence-electron chi connectivity index (χ2n) is 8.54. The van der Waals surface area contributed by atoms with Gasteiger partial charge in [-0.05, 0) is 12.8 Å². The molecule has 27 heavy (non-hydrogen) atoms. The fourth-order valence-electron chi connectivity index (χ4n) is 4.12. The zero-order valence-electron chi connectivity index (χ0n) is 18.2. The van der Waals surface area contributed by atoms with E-state index >= 15 is 0 Å². The van der Waals surface area contributed by atoms with Crippen molar-refractivity contribution in [2.45, 2.75) is 117 Å². The van der Waals surface area contributed by atoms with Gasteiger partial charge in [-0.1, -0.05) is 104 Å². The average Bonchev–Trinajstić information content (AvgIpc) is 3.18. The summed E-state index contributed by atoms with van der Waals surface area (Å²) in [6.07, 6.45) is 21.6. The summed E-state index contributed by atoms with van der Waals surface area (Å²) in [5.41, 5.74) is 0.0579. The minimum Gasteiger partial charge on any atom is -0.396 e. The number of amidine groups is 1. The van der Waals surface area contributed by atoms with E-state index in [2.05, 4.69) is 24.2 Å². The highest BCUT2D eigenvalue weighted by Gasteiger charge is 2.31. The Bertz CT molecular complexity index is 362. The van der Waals surface area contributed by atoms with E-state index in [9.17, 15) is 5.11 Å². The van der Waals surface area contributed by atoms with Crippen molar-refractivity contribution in [1.82, 2.24) is 5.32 Å². The molecule has 1 aliphatic rings. The summed E-state index contributed by atoms with van der Waals surface area (Å²) in [6.45, 7) is 6.68. The number of aliphatic imine (C=N–C) groups is 1. The Hall–Kier alpha value is -0.280. The number of hydrogen-bond donors (Lipinski definition) is 2. The van der Waals surface area contributed by atoms with Gasteiger partial charge in [0.05, 0.1) is 6.54 Å². The average molecular weight is 403 g/mol. The molecule has 0 saturated heterocycles. The van der Waals surface area contributed by atoms with Gasteiger partial charge in [-0.3, -0.25) is 4.99 Å². The number of nitrogens with one attached hydrogen (secondary N) is 1. The first-order valence-electron chi connectivity index (χ1n) is 11.6. The lowest BCUT2D eigenvalue weighted by Gasteiger charge is -2.29. The summed E-state index contributed by atoms with van der Waals surface area (Å²) < 4.78 is 0. The van der Waals surface area contributed by atoms with Crippen molar-refractivity contribution < 1.29 is 5.11 Å². The molecule has 0 amide bonds. The number of rotatable bonds is 18. The summed E-state index contributed by atoms with van der Waals surface area (Å²) in [6, 6.07) is 0. The van der Waals surface area contributed by atoms with Crippen LogP contribution in [0.3, 0.4) is 0 Å². The molecule has 0 aromatic carbocycles. The zero-order valence-corrected chi connectivity index (χ0v) is 19.1. The third kappa shape index (κ3) is 12.7. The van der Waals surface area contributed by atoms with E-state index in [4.69, 9.17) is 0 Å². The monoisotopic (exact) mass is 402 g/mol. The molecule has 1 atom stereocenters. The summed E-state index contributed by atoms with van der Waals surface area (Å²) in [5.74, 6) is 1.14. The first-order valence-corrected chi connectivity index (χ1v) is 11.6. The molecule has 0 aliphatic carbocycles. The number of aliphatic hydroxyl groups is 1. The molecule has 2 N–H and O–H groups in total. The molecule has 1 aliphatic heterocycles. The van der Waals surface area contributed by atoms with Crippen LogP contribution in [-0.2, 0) is 0 Å². The smallest absolute Gasteiger partial charge is 0.102 e. The minimum atomic E-state index is 0. The van der Waals surface area contributed by atoms with Gasteiger partial charge in [0.2, 0.25) is 0 Å². The molecule has 4 heteroatoms. The molecule has 0 saturated carbocycles. The highest BCUT2D eigenvalue weighted by atomic mass is 35.5. The summed E-state index contributed by atoms with van der Waals surface area (Å²) in [5, 5.41) is 12.8. The Balaban J connectivity index is 0.00000676. The lowest BCUT2D eigenvalue weighted by atomic mass is 9.80. The summed E-state index contributed by atoms with van der Waals surface area (Å²) >= 11 is 0. The standard InChI is InChI=1S/C23H46N2O.ClH/c1-3-4-5-6-7-8-9-10-11-12-13-14-15-16-17-23(2,18-21-26)22-24-19-20-25-22;/h26H,3-21H2,1-2H3,(H,24,25);1H. The lowest BCUT2D eigenvalue weighted by Crippen LogP contribution is -2.37. The van der Waals surface area contributed by atoms with Crippen molar-refractivity contribution in [3.05, 3.63) is 0 Å². The summed E-state index contributed by atoms with van der Waals surface area (Å²) in [7, 11) is 0. The first-order chi connectivity index (χ1) is 12.7. The van der Waals surface area contributed by atoms with E-state index in [1.54, 1.807) is 0 Å². The van der Waals surface area contributed by atoms with E-state index < -0.39 is 0 Å². The van der Waals surface area contributed by atoms with Crippen molar-refractivity contribution in [3.63, 3.8) is 0 Å². The highest BCUT2D eigenvalue weighted by molar-refractivity contribution is 5.89. The Labute approximate surface area is 175 Å². The minimum absolute atomic E-state index is 0. The number of halogens is 1. The second-order valence-corrected chi connectivity index (χ2v) is 8.54. The maximum Gasteiger partial charge on any atom is 0.102 e. The number of hydrogen-bond acceptors (Lipinski definition) is 3. The van der Waals surface area contributed by atoms with Gasteiger partial charge in [-0.15, -0.1) is 12.4 Å². The topological polar surface area (TPSA) is 44.6 Å². The molecule has 162 valence electrons. The Morgan fingerprint density at radius 1 is 0.815 bits per heavy atom. The van der Waals surface area contributed by atoms with Crippen LogP contribution >= 0.6 is 12.4 Å². The van der Waals surface area contributed by atoms with Gasteiger partial charge in [0.1, 0.15) is 5.84 Å². The molecule has 0 aromatic rings. The van der Waals surface area contributed by atoms with Crippen LogP contribution in [0.15, 0.2) is 4.99 Å². The van der Waals surface area contributed by atoms with Gasteiger partial charge < -0.3 is 10.4 Å². The Kier molecular flexibility index (Phi) is 17.6. The highest BCUT2D eigenvalue weighted by Crippen LogP contribution is 2.30. The van der Waals surface area contributed by atoms with E-state index in [0.29, 0.717) is 0 Å². The van der Waals surface area contributed by atoms with Crippen LogP contribution in [0, 0.1) is 5.41 Å². The molecule has 0 radical (unpaired) electrons. The quantitative estimate of drug-likeness (QED) is 0.251. The van der Waals surface area contributed by atoms with Crippen molar-refractivity contribution in [3.8, 4) is 0 Å². The van der Waals surface area contributed by atoms with E-state index in [1.165, 1.54) is 89.9 Å². The predicted octanol–water partition coefficient (Wildman–Crippen LogP) is 6.67. The van der Waals surface area contributed by atoms with Gasteiger partial charge in [-0.2, -0.15) is 0 Å². The van der Waals surface area contributed by atoms with Gasteiger partial charge in [0.25, 0.3) is 0 Å². The first kappa shape index (κ1) is 26.7. The van der Waals surface area contributed by atoms with E-state index in [1.807, 2.05) is 0 Å². The van der Waals surface area contributed by atoms with Crippen molar-refractivity contribution in [2.75, 3.05) is 19.7 Å². The van der Waals surface area contributed by atoms with Gasteiger partial charge in [0, 0.05) is 18.6 Å². The predicted molar refractivity (Wildman–Crippen MR) is 122 cm³/mol. The molecule has 0 spiro atoms. The number of nitrogens with zero attached hydrogens (tertiary/aromatic N) is 1. The largest absolute Gasteiger partial charge is 0.396 e. The third-order valence-corrected chi connectivity index (χ3v) is 5.99. The molecular weight excluding hydrogens is 356 g/mol. The number of unbranched alkanes of at least 4 members (excludes halogenated alkanes) is 13. The Morgan fingerprint density at radius 2 is 1.30 bits per heavy atom. The molecule has 1 rings (SSSR count). The van der Waals surface area contributed by atoms with Crippen molar-refractivity contribution in [1.29, 1.82) is 0 Å². The zero-order chi connectivity index (χ0) is 18.9. The van der Waals surface area contributed by atoms with Crippen molar-refractivity contribution >= 4 is 18.2 Å². The van der Waals surface area contributed by atoms with Crippen LogP contribution in [0.1, 0.15) is 117 Å². The molecule has 0 aromatic heterocycles. The summed E-state index contributed by atoms with van der Waals surface area (Å²) in [4.78, 5) is 4.61. The van der Waals surface area contributed by atoms with Crippen LogP contribution in [-0.4, -0.2) is 30.6 Å². The molecule has 3 nitrogen and oxygen atoms in total. The normalized spacial score (nSPS) is 15.7. The fourth-order valence-corrected chi connectivity index (χ4v) is 4.12. The molecule has 1 heterocycles. The SMILES string of the molecule is CCCCCCCCCCCCCCCCC(C)(CCO)C1=NCCN1.Cl. The maximum atomic E-state index is 9.39. The molecular formula is C23H47ClN2O. The van der Waals surface area contributed by atoms with E-state index in [0.717, 1.165) is 31.8 Å². The Morgan fingerprint density at radius 3 is 1.70 bits per heavy atom. The van der Waals surface area contributed by atoms with Crippen LogP contribution in [0.5, 0.6) is 0 Å². The van der Waals surface area contributed by atoms with Gasteiger partial charge in [-0.25, -0.2) is 0 Å². The number of aliphatic hydroxyl groups excluding tert-OH is 1. The van der Waals surface area contributed by atoms with Gasteiger partial charge >= 0.3 is 0 Å². The van der Waals surface area contributed by atoms with Crippen LogP contribution in [0.2, 0.25) is 0 Å². The van der Waals surface area contributed by atoms with Crippen LogP contribution in [0.25, 0.3) is 0 Å². The van der Waals surface area contributed by atoms with Crippen LogP contribution in [0.4, 0.5) is 0 Å². The molecule has 0 fully saturated rings. The molecule has 1 unspecified atom stereocenters. The van der Waals surface area contributed by atoms with Crippen LogP contribution < -0.4 is 5.32 Å². The lowest BCUT2D eigenvalue weighted by molar-refractivity contribution is 0.229.